The molecule has 0 bridgehead atoms. The van der Waals surface area contributed by atoms with E-state index in [4.69, 9.17) is 5.11 Å². The van der Waals surface area contributed by atoms with Gasteiger partial charge >= 0.3 is 5.97 Å². The van der Waals surface area contributed by atoms with E-state index < -0.39 is 11.9 Å². The first-order valence-corrected chi connectivity index (χ1v) is 3.87. The van der Waals surface area contributed by atoms with E-state index in [0.29, 0.717) is 5.82 Å². The summed E-state index contributed by atoms with van der Waals surface area (Å²) in [6.45, 7) is 1.62. The van der Waals surface area contributed by atoms with E-state index in [2.05, 4.69) is 0 Å². The lowest BCUT2D eigenvalue weighted by atomic mass is 10.3. The van der Waals surface area contributed by atoms with Gasteiger partial charge in [-0.25, -0.2) is 13.9 Å². The Morgan fingerprint density at radius 2 is 2.00 bits per heavy atom. The quantitative estimate of drug-likeness (QED) is 0.569. The number of aromatic nitrogens is 2. The molecule has 76 valence electrons. The molecule has 1 aromatic heterocycles. The lowest BCUT2D eigenvalue weighted by Gasteiger charge is -1.97. The van der Waals surface area contributed by atoms with Gasteiger partial charge in [-0.05, 0) is 0 Å². The molecule has 1 N–H and O–H groups in total. The van der Waals surface area contributed by atoms with Gasteiger partial charge in [0, 0.05) is 6.92 Å². The van der Waals surface area contributed by atoms with Crippen LogP contribution in [0.3, 0.4) is 0 Å². The Morgan fingerprint density at radius 3 is 2.29 bits per heavy atom. The number of hydrogen-bond donors (Lipinski definition) is 1. The minimum Gasteiger partial charge on any atom is -0.541 e. The fraction of sp³-hybridized carbons (Fsp3) is 0.375. The molecular formula is C8H10N2O4. The van der Waals surface area contributed by atoms with Crippen molar-refractivity contribution in [3.63, 3.8) is 0 Å². The van der Waals surface area contributed by atoms with Crippen molar-refractivity contribution < 1.29 is 24.4 Å². The highest BCUT2D eigenvalue weighted by molar-refractivity contribution is 5.97. The number of hydrogen-bond acceptors (Lipinski definition) is 3. The van der Waals surface area contributed by atoms with E-state index in [1.165, 1.54) is 23.2 Å². The van der Waals surface area contributed by atoms with Crippen molar-refractivity contribution >= 4 is 11.9 Å². The third kappa shape index (κ3) is 1.24. The monoisotopic (exact) mass is 198 g/mol. The Balaban J connectivity index is 3.62. The molecule has 0 atom stereocenters. The van der Waals surface area contributed by atoms with E-state index in [1.54, 1.807) is 6.92 Å². The molecule has 1 heterocycles. The zero-order chi connectivity index (χ0) is 11.0. The zero-order valence-electron chi connectivity index (χ0n) is 8.07. The fourth-order valence-corrected chi connectivity index (χ4v) is 1.34. The predicted octanol–water partition coefficient (Wildman–Crippen LogP) is -1.78. The number of carbonyl (C=O) groups is 2. The molecule has 0 unspecified atom stereocenters. The number of aromatic carboxylic acids is 2. The number of carboxylic acid groups (broad SMARTS) is 2. The molecule has 14 heavy (non-hydrogen) atoms. The Labute approximate surface area is 80.0 Å². The molecule has 0 saturated heterocycles. The lowest BCUT2D eigenvalue weighted by molar-refractivity contribution is -0.679. The average molecular weight is 198 g/mol. The maximum atomic E-state index is 10.8. The Kier molecular flexibility index (Phi) is 2.29. The molecule has 1 aromatic rings. The number of carbonyl (C=O) groups excluding carboxylic acids is 1. The van der Waals surface area contributed by atoms with Crippen LogP contribution in [0.1, 0.15) is 26.8 Å². The Bertz CT molecular complexity index is 382. The molecule has 0 amide bonds. The summed E-state index contributed by atoms with van der Waals surface area (Å²) in [7, 11) is 2.97. The molecule has 6 nitrogen and oxygen atoms in total. The number of imidazole rings is 1. The first kappa shape index (κ1) is 10.2. The second kappa shape index (κ2) is 3.13. The SMILES string of the molecule is Cc1n(C)c(C(=O)[O-])c(C(=O)O)[n+]1C. The molecular weight excluding hydrogens is 188 g/mol. The minimum atomic E-state index is -1.49. The summed E-state index contributed by atoms with van der Waals surface area (Å²) in [5, 5.41) is 19.5. The summed E-state index contributed by atoms with van der Waals surface area (Å²) >= 11 is 0. The smallest absolute Gasteiger partial charge is 0.380 e. The van der Waals surface area contributed by atoms with E-state index in [1.807, 2.05) is 0 Å². The predicted molar refractivity (Wildman–Crippen MR) is 42.6 cm³/mol. The first-order valence-electron chi connectivity index (χ1n) is 3.87. The summed E-state index contributed by atoms with van der Waals surface area (Å²) in [5.41, 5.74) is -0.595. The van der Waals surface area contributed by atoms with Crippen LogP contribution in [0.2, 0.25) is 0 Å². The molecule has 0 aliphatic carbocycles. The summed E-state index contributed by atoms with van der Waals surface area (Å²) in [6, 6.07) is 0. The van der Waals surface area contributed by atoms with Crippen LogP contribution in [-0.2, 0) is 14.1 Å². The fourth-order valence-electron chi connectivity index (χ4n) is 1.34. The molecule has 1 rings (SSSR count). The van der Waals surface area contributed by atoms with E-state index in [-0.39, 0.29) is 11.4 Å². The van der Waals surface area contributed by atoms with Crippen molar-refractivity contribution in [3.8, 4) is 0 Å². The summed E-state index contributed by atoms with van der Waals surface area (Å²) in [6.07, 6.45) is 0. The summed E-state index contributed by atoms with van der Waals surface area (Å²) in [5.74, 6) is -2.24. The van der Waals surface area contributed by atoms with Crippen molar-refractivity contribution in [2.45, 2.75) is 6.92 Å². The Hall–Kier alpha value is -1.85. The minimum absolute atomic E-state index is 0.273. The van der Waals surface area contributed by atoms with Gasteiger partial charge in [-0.3, -0.25) is 0 Å². The second-order valence-corrected chi connectivity index (χ2v) is 2.96. The van der Waals surface area contributed by atoms with Gasteiger partial charge in [-0.1, -0.05) is 0 Å². The summed E-state index contributed by atoms with van der Waals surface area (Å²) < 4.78 is 2.58. The normalized spacial score (nSPS) is 10.2. The van der Waals surface area contributed by atoms with Crippen molar-refractivity contribution in [1.82, 2.24) is 4.57 Å². The van der Waals surface area contributed by atoms with Crippen LogP contribution in [0, 0.1) is 6.92 Å². The molecule has 6 heteroatoms. The van der Waals surface area contributed by atoms with Crippen molar-refractivity contribution in [1.29, 1.82) is 0 Å². The molecule has 0 fully saturated rings. The van der Waals surface area contributed by atoms with E-state index in [9.17, 15) is 14.7 Å². The van der Waals surface area contributed by atoms with Gasteiger partial charge in [0.1, 0.15) is 5.97 Å². The third-order valence-electron chi connectivity index (χ3n) is 2.26. The number of nitrogens with zero attached hydrogens (tertiary/aromatic N) is 2. The van der Waals surface area contributed by atoms with E-state index in [0.717, 1.165) is 0 Å². The maximum absolute atomic E-state index is 10.8. The molecule has 0 saturated carbocycles. The van der Waals surface area contributed by atoms with Crippen LogP contribution in [0.25, 0.3) is 0 Å². The zero-order valence-corrected chi connectivity index (χ0v) is 8.07. The molecule has 0 radical (unpaired) electrons. The van der Waals surface area contributed by atoms with Crippen LogP contribution in [0.4, 0.5) is 0 Å². The van der Waals surface area contributed by atoms with Crippen LogP contribution in [0.5, 0.6) is 0 Å². The highest BCUT2D eigenvalue weighted by atomic mass is 16.4. The first-order chi connectivity index (χ1) is 6.37. The second-order valence-electron chi connectivity index (χ2n) is 2.96. The van der Waals surface area contributed by atoms with Crippen molar-refractivity contribution in [3.05, 3.63) is 17.2 Å². The topological polar surface area (TPSA) is 86.2 Å². The van der Waals surface area contributed by atoms with Gasteiger partial charge in [-0.2, -0.15) is 0 Å². The maximum Gasteiger partial charge on any atom is 0.380 e. The molecule has 0 aromatic carbocycles. The molecule has 0 spiro atoms. The standard InChI is InChI=1S/C8H10N2O4/c1-4-9(2)5(7(11)12)6(8(13)14)10(4)3/h1-3H3,(H-,11,12,13,14). The highest BCUT2D eigenvalue weighted by Gasteiger charge is 2.29. The number of rotatable bonds is 2. The van der Waals surface area contributed by atoms with Gasteiger partial charge in [0.15, 0.2) is 0 Å². The van der Waals surface area contributed by atoms with Crippen molar-refractivity contribution in [2.75, 3.05) is 0 Å². The van der Waals surface area contributed by atoms with Crippen LogP contribution in [-0.4, -0.2) is 21.6 Å². The summed E-state index contributed by atoms with van der Waals surface area (Å²) in [4.78, 5) is 21.5. The number of carboxylic acids is 2. The van der Waals surface area contributed by atoms with Crippen LogP contribution in [0.15, 0.2) is 0 Å². The highest BCUT2D eigenvalue weighted by Crippen LogP contribution is 2.06. The third-order valence-corrected chi connectivity index (χ3v) is 2.26. The van der Waals surface area contributed by atoms with Crippen LogP contribution < -0.4 is 9.67 Å². The van der Waals surface area contributed by atoms with Gasteiger partial charge in [-0.15, -0.1) is 0 Å². The van der Waals surface area contributed by atoms with Gasteiger partial charge < -0.3 is 15.0 Å². The van der Waals surface area contributed by atoms with Gasteiger partial charge in [0.2, 0.25) is 5.69 Å². The lowest BCUT2D eigenvalue weighted by Crippen LogP contribution is -2.38. The largest absolute Gasteiger partial charge is 0.541 e. The average Bonchev–Trinajstić information content (AvgIpc) is 2.29. The Morgan fingerprint density at radius 1 is 1.50 bits per heavy atom. The van der Waals surface area contributed by atoms with Crippen molar-refractivity contribution in [2.24, 2.45) is 14.1 Å². The molecule has 0 aliphatic heterocycles. The van der Waals surface area contributed by atoms with Gasteiger partial charge in [0.25, 0.3) is 11.5 Å². The van der Waals surface area contributed by atoms with Gasteiger partial charge in [0.05, 0.1) is 14.1 Å². The van der Waals surface area contributed by atoms with E-state index >= 15 is 0 Å². The molecule has 0 aliphatic rings. The van der Waals surface area contributed by atoms with Crippen LogP contribution >= 0.6 is 0 Å².